The Morgan fingerprint density at radius 3 is 2.12 bits per heavy atom. The molecule has 33 heavy (non-hydrogen) atoms. The van der Waals surface area contributed by atoms with Crippen molar-refractivity contribution in [3.8, 4) is 0 Å². The van der Waals surface area contributed by atoms with E-state index in [9.17, 15) is 14.0 Å². The number of rotatable bonds is 8. The Hall–Kier alpha value is -2.73. The van der Waals surface area contributed by atoms with Crippen molar-refractivity contribution < 1.29 is 18.7 Å². The van der Waals surface area contributed by atoms with E-state index in [0.29, 0.717) is 11.6 Å². The molecule has 0 aliphatic rings. The van der Waals surface area contributed by atoms with Crippen LogP contribution in [0.2, 0.25) is 25.7 Å². The lowest BCUT2D eigenvalue weighted by atomic mass is 9.91. The van der Waals surface area contributed by atoms with Gasteiger partial charge in [0.05, 0.1) is 6.04 Å². The van der Waals surface area contributed by atoms with Gasteiger partial charge in [-0.05, 0) is 56.0 Å². The first-order chi connectivity index (χ1) is 15.2. The van der Waals surface area contributed by atoms with Crippen LogP contribution in [0.3, 0.4) is 0 Å². The average molecular weight is 470 g/mol. The van der Waals surface area contributed by atoms with Gasteiger partial charge < -0.3 is 10.1 Å². The van der Waals surface area contributed by atoms with Gasteiger partial charge >= 0.3 is 6.09 Å². The van der Waals surface area contributed by atoms with Crippen LogP contribution in [-0.4, -0.2) is 25.6 Å². The van der Waals surface area contributed by atoms with Crippen molar-refractivity contribution in [1.82, 2.24) is 5.32 Å². The average Bonchev–Trinajstić information content (AvgIpc) is 2.70. The number of hydrogen-bond donors (Lipinski definition) is 1. The molecule has 2 rings (SSSR count). The lowest BCUT2D eigenvalue weighted by Gasteiger charge is -2.27. The molecule has 4 nitrogen and oxygen atoms in total. The minimum Gasteiger partial charge on any atom is -0.444 e. The summed E-state index contributed by atoms with van der Waals surface area (Å²) in [6.07, 6.45) is 1.40. The third kappa shape index (κ3) is 8.96. The largest absolute Gasteiger partial charge is 0.444 e. The van der Waals surface area contributed by atoms with Crippen LogP contribution >= 0.6 is 0 Å². The summed E-state index contributed by atoms with van der Waals surface area (Å²) < 4.78 is 19.0. The van der Waals surface area contributed by atoms with Gasteiger partial charge in [-0.15, -0.1) is 0 Å². The summed E-state index contributed by atoms with van der Waals surface area (Å²) in [5.74, 6) is -0.585. The number of benzene rings is 2. The number of ether oxygens (including phenoxy) is 1. The van der Waals surface area contributed by atoms with Crippen LogP contribution in [0.15, 0.2) is 66.2 Å². The molecule has 0 aliphatic carbocycles. The molecular weight excluding hydrogens is 433 g/mol. The van der Waals surface area contributed by atoms with Gasteiger partial charge in [0.2, 0.25) is 0 Å². The maximum Gasteiger partial charge on any atom is 0.408 e. The normalized spacial score (nSPS) is 14.4. The molecule has 178 valence electrons. The van der Waals surface area contributed by atoms with Crippen molar-refractivity contribution >= 4 is 20.0 Å². The summed E-state index contributed by atoms with van der Waals surface area (Å²) in [5.41, 5.74) is 1.48. The van der Waals surface area contributed by atoms with Crippen molar-refractivity contribution in [2.75, 3.05) is 0 Å². The zero-order valence-electron chi connectivity index (χ0n) is 20.7. The fourth-order valence-electron chi connectivity index (χ4n) is 3.60. The summed E-state index contributed by atoms with van der Waals surface area (Å²) in [5, 5.41) is 2.93. The van der Waals surface area contributed by atoms with Crippen LogP contribution in [0.5, 0.6) is 0 Å². The lowest BCUT2D eigenvalue weighted by Crippen LogP contribution is -2.37. The zero-order chi connectivity index (χ0) is 24.8. The highest BCUT2D eigenvalue weighted by Gasteiger charge is 2.27. The molecular formula is C27H36FNO3Si. The minimum absolute atomic E-state index is 0.000000761. The van der Waals surface area contributed by atoms with Crippen molar-refractivity contribution in [3.63, 3.8) is 0 Å². The van der Waals surface area contributed by atoms with E-state index >= 15 is 0 Å². The number of halogens is 1. The Kier molecular flexibility index (Phi) is 8.78. The highest BCUT2D eigenvalue weighted by Crippen LogP contribution is 2.29. The Morgan fingerprint density at radius 2 is 1.61 bits per heavy atom. The molecule has 0 heterocycles. The van der Waals surface area contributed by atoms with E-state index in [1.165, 1.54) is 12.1 Å². The minimum atomic E-state index is -1.62. The third-order valence-corrected chi connectivity index (χ3v) is 6.38. The molecule has 0 unspecified atom stereocenters. The highest BCUT2D eigenvalue weighted by atomic mass is 28.3. The number of carbonyl (C=O) groups is 2. The molecule has 0 aromatic heterocycles. The van der Waals surface area contributed by atoms with Crippen LogP contribution in [-0.2, 0) is 4.74 Å². The smallest absolute Gasteiger partial charge is 0.408 e. The molecule has 2 atom stereocenters. The van der Waals surface area contributed by atoms with Crippen LogP contribution in [0, 0.1) is 11.7 Å². The molecule has 0 fully saturated rings. The zero-order valence-corrected chi connectivity index (χ0v) is 21.7. The molecule has 2 aromatic rings. The number of carbonyl (C=O) groups excluding carboxylic acids is 2. The van der Waals surface area contributed by atoms with Crippen LogP contribution in [0.4, 0.5) is 9.18 Å². The van der Waals surface area contributed by atoms with Crippen molar-refractivity contribution in [2.24, 2.45) is 5.92 Å². The summed E-state index contributed by atoms with van der Waals surface area (Å²) >= 11 is 0. The third-order valence-electron chi connectivity index (χ3n) is 4.94. The second-order valence-corrected chi connectivity index (χ2v) is 16.1. The maximum atomic E-state index is 13.6. The summed E-state index contributed by atoms with van der Waals surface area (Å²) in [4.78, 5) is 26.0. The molecule has 0 radical (unpaired) electrons. The number of hydrogen-bond acceptors (Lipinski definition) is 3. The SMILES string of the molecule is C[C@@H](/C=C(\C[Si](C)(C)C)C(=O)c1ccccc1)[C@H](NC(=O)OC(C)(C)C)c1ccc(F)cc1. The quantitative estimate of drug-likeness (QED) is 0.253. The van der Waals surface area contributed by atoms with Gasteiger partial charge in [0.15, 0.2) is 5.78 Å². The van der Waals surface area contributed by atoms with Gasteiger partial charge in [-0.25, -0.2) is 9.18 Å². The van der Waals surface area contributed by atoms with E-state index in [-0.39, 0.29) is 17.5 Å². The van der Waals surface area contributed by atoms with Crippen LogP contribution in [0.1, 0.15) is 49.7 Å². The number of amides is 1. The lowest BCUT2D eigenvalue weighted by molar-refractivity contribution is 0.0493. The second kappa shape index (κ2) is 10.9. The van der Waals surface area contributed by atoms with Gasteiger partial charge in [-0.1, -0.05) is 75.1 Å². The Morgan fingerprint density at radius 1 is 1.03 bits per heavy atom. The van der Waals surface area contributed by atoms with E-state index in [1.807, 2.05) is 43.3 Å². The van der Waals surface area contributed by atoms with E-state index in [4.69, 9.17) is 4.74 Å². The summed E-state index contributed by atoms with van der Waals surface area (Å²) in [7, 11) is -1.62. The van der Waals surface area contributed by atoms with Crippen LogP contribution < -0.4 is 5.32 Å². The van der Waals surface area contributed by atoms with Crippen molar-refractivity contribution in [1.29, 1.82) is 0 Å². The predicted molar refractivity (Wildman–Crippen MR) is 135 cm³/mol. The number of nitrogens with one attached hydrogen (secondary N) is 1. The van der Waals surface area contributed by atoms with Gasteiger partial charge in [0.25, 0.3) is 0 Å². The highest BCUT2D eigenvalue weighted by molar-refractivity contribution is 6.77. The van der Waals surface area contributed by atoms with Gasteiger partial charge in [0, 0.05) is 13.6 Å². The van der Waals surface area contributed by atoms with E-state index in [0.717, 1.165) is 11.1 Å². The van der Waals surface area contributed by atoms with Crippen molar-refractivity contribution in [2.45, 2.75) is 65.0 Å². The van der Waals surface area contributed by atoms with Gasteiger partial charge in [0.1, 0.15) is 11.4 Å². The monoisotopic (exact) mass is 469 g/mol. The molecule has 0 saturated heterocycles. The first kappa shape index (κ1) is 26.5. The molecule has 0 spiro atoms. The second-order valence-electron chi connectivity index (χ2n) is 10.7. The number of allylic oxidation sites excluding steroid dienone is 1. The number of ketones is 1. The van der Waals surface area contributed by atoms with Crippen LogP contribution in [0.25, 0.3) is 0 Å². The Bertz CT molecular complexity index is 973. The van der Waals surface area contributed by atoms with E-state index in [1.54, 1.807) is 32.9 Å². The number of Topliss-reactive ketones (excluding diaryl/α,β-unsaturated/α-hetero) is 1. The molecule has 6 heteroatoms. The first-order valence-corrected chi connectivity index (χ1v) is 15.0. The fourth-order valence-corrected chi connectivity index (χ4v) is 5.02. The molecule has 0 saturated carbocycles. The summed E-state index contributed by atoms with van der Waals surface area (Å²) in [6.45, 7) is 14.0. The molecule has 2 aromatic carbocycles. The van der Waals surface area contributed by atoms with Crippen molar-refractivity contribution in [3.05, 3.63) is 83.2 Å². The summed E-state index contributed by atoms with van der Waals surface area (Å²) in [6, 6.07) is 15.5. The predicted octanol–water partition coefficient (Wildman–Crippen LogP) is 7.18. The topological polar surface area (TPSA) is 55.4 Å². The van der Waals surface area contributed by atoms with Gasteiger partial charge in [-0.2, -0.15) is 0 Å². The first-order valence-electron chi connectivity index (χ1n) is 11.3. The molecule has 0 aliphatic heterocycles. The standard InChI is InChI=1S/C27H36FNO3Si/c1-19(17-22(18-33(5,6)7)25(30)21-11-9-8-10-12-21)24(20-13-15-23(28)16-14-20)29-26(31)32-27(2,3)4/h8-17,19,24H,18H2,1-7H3,(H,29,31)/b22-17+/t19-,24-/m0/s1. The van der Waals surface area contributed by atoms with E-state index in [2.05, 4.69) is 25.0 Å². The Balaban J connectivity index is 2.44. The van der Waals surface area contributed by atoms with E-state index < -0.39 is 25.8 Å². The fraction of sp³-hybridized carbons (Fsp3) is 0.407. The molecule has 1 N–H and O–H groups in total. The maximum absolute atomic E-state index is 13.6. The molecule has 1 amide bonds. The molecule has 0 bridgehead atoms. The Labute approximate surface area is 198 Å². The van der Waals surface area contributed by atoms with Gasteiger partial charge in [-0.3, -0.25) is 4.79 Å². The number of alkyl carbamates (subject to hydrolysis) is 1.